The maximum absolute atomic E-state index is 12.4. The molecule has 1 heterocycles. The summed E-state index contributed by atoms with van der Waals surface area (Å²) in [6.45, 7) is 0.434. The minimum atomic E-state index is -1.06. The Hall–Kier alpha value is -2.34. The summed E-state index contributed by atoms with van der Waals surface area (Å²) in [4.78, 5) is 25.4. The molecule has 3 rings (SSSR count). The Bertz CT molecular complexity index is 763. The second kappa shape index (κ2) is 7.05. The van der Waals surface area contributed by atoms with Crippen LogP contribution < -0.4 is 0 Å². The van der Waals surface area contributed by atoms with Crippen molar-refractivity contribution >= 4 is 28.0 Å². The zero-order chi connectivity index (χ0) is 17.1. The third-order valence-corrected chi connectivity index (χ3v) is 4.50. The lowest BCUT2D eigenvalue weighted by molar-refractivity contribution is -0.143. The third-order valence-electron chi connectivity index (χ3n) is 4.01. The van der Waals surface area contributed by atoms with Gasteiger partial charge in [-0.15, -0.1) is 0 Å². The number of carboxylic acid groups (broad SMARTS) is 1. The van der Waals surface area contributed by atoms with E-state index in [0.29, 0.717) is 18.5 Å². The molecule has 6 heteroatoms. The van der Waals surface area contributed by atoms with Gasteiger partial charge in [-0.1, -0.05) is 52.3 Å². The van der Waals surface area contributed by atoms with E-state index in [4.69, 9.17) is 4.74 Å². The SMILES string of the molecule is O=C(O)[C@H]1c2ccc(Br)cc2CCN1C(=O)OCc1ccccc1. The Morgan fingerprint density at radius 3 is 2.67 bits per heavy atom. The van der Waals surface area contributed by atoms with Gasteiger partial charge < -0.3 is 9.84 Å². The lowest BCUT2D eigenvalue weighted by atomic mass is 9.93. The van der Waals surface area contributed by atoms with Crippen LogP contribution >= 0.6 is 15.9 Å². The van der Waals surface area contributed by atoms with Crippen LogP contribution in [0.3, 0.4) is 0 Å². The Balaban J connectivity index is 1.78. The van der Waals surface area contributed by atoms with Crippen molar-refractivity contribution in [2.24, 2.45) is 0 Å². The first-order valence-electron chi connectivity index (χ1n) is 7.54. The molecule has 2 aromatic carbocycles. The van der Waals surface area contributed by atoms with Crippen molar-refractivity contribution in [1.29, 1.82) is 0 Å². The highest BCUT2D eigenvalue weighted by atomic mass is 79.9. The summed E-state index contributed by atoms with van der Waals surface area (Å²) in [5.41, 5.74) is 2.43. The van der Waals surface area contributed by atoms with E-state index in [1.807, 2.05) is 36.4 Å². The molecule has 24 heavy (non-hydrogen) atoms. The van der Waals surface area contributed by atoms with Gasteiger partial charge in [0.2, 0.25) is 0 Å². The minimum absolute atomic E-state index is 0.121. The van der Waals surface area contributed by atoms with Crippen LogP contribution in [-0.2, 0) is 22.6 Å². The average molecular weight is 390 g/mol. The van der Waals surface area contributed by atoms with E-state index in [9.17, 15) is 14.7 Å². The number of benzene rings is 2. The highest BCUT2D eigenvalue weighted by Gasteiger charge is 2.36. The topological polar surface area (TPSA) is 66.8 Å². The molecular formula is C18H16BrNO4. The third kappa shape index (κ3) is 3.43. The number of rotatable bonds is 3. The van der Waals surface area contributed by atoms with Gasteiger partial charge in [-0.05, 0) is 35.2 Å². The van der Waals surface area contributed by atoms with Gasteiger partial charge in [0, 0.05) is 11.0 Å². The molecule has 0 fully saturated rings. The molecule has 5 nitrogen and oxygen atoms in total. The summed E-state index contributed by atoms with van der Waals surface area (Å²) in [6.07, 6.45) is -0.0151. The maximum Gasteiger partial charge on any atom is 0.411 e. The number of fused-ring (bicyclic) bond motifs is 1. The molecular weight excluding hydrogens is 374 g/mol. The van der Waals surface area contributed by atoms with Crippen LogP contribution in [0.5, 0.6) is 0 Å². The van der Waals surface area contributed by atoms with E-state index in [1.54, 1.807) is 12.1 Å². The van der Waals surface area contributed by atoms with Gasteiger partial charge in [-0.3, -0.25) is 4.90 Å². The van der Waals surface area contributed by atoms with E-state index < -0.39 is 18.1 Å². The fourth-order valence-electron chi connectivity index (χ4n) is 2.86. The van der Waals surface area contributed by atoms with Crippen molar-refractivity contribution in [3.8, 4) is 0 Å². The first-order valence-corrected chi connectivity index (χ1v) is 8.34. The molecule has 2 aromatic rings. The number of carboxylic acids is 1. The molecule has 0 saturated heterocycles. The molecule has 1 atom stereocenters. The van der Waals surface area contributed by atoms with Crippen LogP contribution in [0.4, 0.5) is 4.79 Å². The van der Waals surface area contributed by atoms with E-state index in [0.717, 1.165) is 15.6 Å². The Morgan fingerprint density at radius 1 is 1.21 bits per heavy atom. The zero-order valence-electron chi connectivity index (χ0n) is 12.8. The van der Waals surface area contributed by atoms with Crippen LogP contribution in [0.25, 0.3) is 0 Å². The van der Waals surface area contributed by atoms with Crippen molar-refractivity contribution < 1.29 is 19.4 Å². The van der Waals surface area contributed by atoms with Crippen molar-refractivity contribution in [1.82, 2.24) is 4.90 Å². The second-order valence-corrected chi connectivity index (χ2v) is 6.48. The highest BCUT2D eigenvalue weighted by Crippen LogP contribution is 2.32. The summed E-state index contributed by atoms with van der Waals surface area (Å²) in [5.74, 6) is -1.06. The first-order chi connectivity index (χ1) is 11.6. The zero-order valence-corrected chi connectivity index (χ0v) is 14.4. The number of ether oxygens (including phenoxy) is 1. The molecule has 1 amide bonds. The summed E-state index contributed by atoms with van der Waals surface area (Å²) in [6, 6.07) is 13.7. The molecule has 0 aromatic heterocycles. The van der Waals surface area contributed by atoms with E-state index in [1.165, 1.54) is 4.90 Å². The Morgan fingerprint density at radius 2 is 1.96 bits per heavy atom. The van der Waals surface area contributed by atoms with Crippen LogP contribution in [-0.4, -0.2) is 28.6 Å². The number of hydrogen-bond donors (Lipinski definition) is 1. The summed E-state index contributed by atoms with van der Waals surface area (Å²) >= 11 is 3.39. The Kier molecular flexibility index (Phi) is 4.85. The van der Waals surface area contributed by atoms with E-state index in [2.05, 4.69) is 15.9 Å². The van der Waals surface area contributed by atoms with Gasteiger partial charge in [0.1, 0.15) is 6.61 Å². The minimum Gasteiger partial charge on any atom is -0.479 e. The van der Waals surface area contributed by atoms with Crippen LogP contribution in [0.2, 0.25) is 0 Å². The smallest absolute Gasteiger partial charge is 0.411 e. The molecule has 1 aliphatic heterocycles. The lowest BCUT2D eigenvalue weighted by Gasteiger charge is -2.34. The summed E-state index contributed by atoms with van der Waals surface area (Å²) in [5, 5.41) is 9.60. The fourth-order valence-corrected chi connectivity index (χ4v) is 3.27. The number of halogens is 1. The molecule has 0 aliphatic carbocycles. The predicted molar refractivity (Wildman–Crippen MR) is 91.6 cm³/mol. The molecule has 0 saturated carbocycles. The van der Waals surface area contributed by atoms with Crippen molar-refractivity contribution in [3.63, 3.8) is 0 Å². The number of nitrogens with zero attached hydrogens (tertiary/aromatic N) is 1. The normalized spacial score (nSPS) is 16.4. The fraction of sp³-hybridized carbons (Fsp3) is 0.222. The summed E-state index contributed by atoms with van der Waals surface area (Å²) in [7, 11) is 0. The molecule has 1 aliphatic rings. The average Bonchev–Trinajstić information content (AvgIpc) is 2.59. The molecule has 0 spiro atoms. The van der Waals surface area contributed by atoms with E-state index >= 15 is 0 Å². The van der Waals surface area contributed by atoms with Crippen LogP contribution in [0, 0.1) is 0 Å². The van der Waals surface area contributed by atoms with Gasteiger partial charge in [0.25, 0.3) is 0 Å². The Labute approximate surface area is 148 Å². The predicted octanol–water partition coefficient (Wildman–Crippen LogP) is 3.77. The number of carbonyl (C=O) groups is 2. The van der Waals surface area contributed by atoms with E-state index in [-0.39, 0.29) is 6.61 Å². The quantitative estimate of drug-likeness (QED) is 0.867. The van der Waals surface area contributed by atoms with Gasteiger partial charge >= 0.3 is 12.1 Å². The molecule has 0 radical (unpaired) electrons. The largest absolute Gasteiger partial charge is 0.479 e. The first kappa shape index (κ1) is 16.5. The molecule has 124 valence electrons. The van der Waals surface area contributed by atoms with Gasteiger partial charge in [0.15, 0.2) is 6.04 Å². The van der Waals surface area contributed by atoms with Gasteiger partial charge in [-0.25, -0.2) is 9.59 Å². The number of hydrogen-bond acceptors (Lipinski definition) is 3. The van der Waals surface area contributed by atoms with Crippen molar-refractivity contribution in [2.75, 3.05) is 6.54 Å². The van der Waals surface area contributed by atoms with Gasteiger partial charge in [0.05, 0.1) is 0 Å². The van der Waals surface area contributed by atoms with Crippen LogP contribution in [0.1, 0.15) is 22.7 Å². The lowest BCUT2D eigenvalue weighted by Crippen LogP contribution is -2.43. The summed E-state index contributed by atoms with van der Waals surface area (Å²) < 4.78 is 6.20. The number of aliphatic carboxylic acids is 1. The highest BCUT2D eigenvalue weighted by molar-refractivity contribution is 9.10. The molecule has 0 unspecified atom stereocenters. The number of carbonyl (C=O) groups excluding carboxylic acids is 1. The monoisotopic (exact) mass is 389 g/mol. The van der Waals surface area contributed by atoms with Crippen molar-refractivity contribution in [3.05, 3.63) is 69.7 Å². The number of amides is 1. The standard InChI is InChI=1S/C18H16BrNO4/c19-14-6-7-15-13(10-14)8-9-20(16(15)17(21)22)18(23)24-11-12-4-2-1-3-5-12/h1-7,10,16H,8-9,11H2,(H,21,22)/t16-/m1/s1. The van der Waals surface area contributed by atoms with Crippen molar-refractivity contribution in [2.45, 2.75) is 19.1 Å². The molecule has 1 N–H and O–H groups in total. The second-order valence-electron chi connectivity index (χ2n) is 5.57. The van der Waals surface area contributed by atoms with Crippen LogP contribution in [0.15, 0.2) is 53.0 Å². The van der Waals surface area contributed by atoms with Gasteiger partial charge in [-0.2, -0.15) is 0 Å². The maximum atomic E-state index is 12.4. The molecule has 0 bridgehead atoms.